The zero-order valence-corrected chi connectivity index (χ0v) is 20.6. The van der Waals surface area contributed by atoms with Gasteiger partial charge >= 0.3 is 0 Å². The summed E-state index contributed by atoms with van der Waals surface area (Å²) in [4.78, 5) is 2.07. The van der Waals surface area contributed by atoms with Gasteiger partial charge in [0.1, 0.15) is 0 Å². The van der Waals surface area contributed by atoms with Crippen molar-refractivity contribution in [3.8, 4) is 0 Å². The monoisotopic (exact) mass is 442 g/mol. The van der Waals surface area contributed by atoms with Gasteiger partial charge in [-0.1, -0.05) is 71.0 Å². The van der Waals surface area contributed by atoms with Crippen molar-refractivity contribution in [2.24, 2.45) is 0 Å². The molecule has 1 aliphatic rings. The van der Waals surface area contributed by atoms with Gasteiger partial charge in [-0.2, -0.15) is 0 Å². The lowest BCUT2D eigenvalue weighted by Gasteiger charge is -2.29. The molecule has 1 aliphatic heterocycles. The van der Waals surface area contributed by atoms with Crippen LogP contribution >= 0.6 is 12.4 Å². The van der Waals surface area contributed by atoms with Gasteiger partial charge in [0.25, 0.3) is 0 Å². The number of hydrazine groups is 1. The van der Waals surface area contributed by atoms with Crippen LogP contribution in [0.1, 0.15) is 76.5 Å². The van der Waals surface area contributed by atoms with Gasteiger partial charge in [-0.3, -0.25) is 10.8 Å². The Morgan fingerprint density at radius 2 is 1.61 bits per heavy atom. The predicted octanol–water partition coefficient (Wildman–Crippen LogP) is 6.46. The first kappa shape index (κ1) is 25.2. The molecule has 0 aromatic heterocycles. The highest BCUT2D eigenvalue weighted by Crippen LogP contribution is 2.26. The van der Waals surface area contributed by atoms with Crippen molar-refractivity contribution in [1.29, 1.82) is 5.41 Å². The lowest BCUT2D eigenvalue weighted by Crippen LogP contribution is -2.48. The van der Waals surface area contributed by atoms with Gasteiger partial charge in [-0.25, -0.2) is 5.01 Å². The highest BCUT2D eigenvalue weighted by atomic mass is 35.5. The van der Waals surface area contributed by atoms with Gasteiger partial charge in [0, 0.05) is 18.8 Å². The maximum Gasteiger partial charge on any atom is 0.210 e. The van der Waals surface area contributed by atoms with E-state index >= 15 is 0 Å². The van der Waals surface area contributed by atoms with Gasteiger partial charge in [-0.15, -0.1) is 12.4 Å². The molecular weight excluding hydrogens is 404 g/mol. The van der Waals surface area contributed by atoms with E-state index in [9.17, 15) is 0 Å². The molecule has 5 heteroatoms. The lowest BCUT2D eigenvalue weighted by molar-refractivity contribution is 0.292. The zero-order valence-electron chi connectivity index (χ0n) is 19.7. The fraction of sp³-hybridized carbons (Fsp3) is 0.500. The van der Waals surface area contributed by atoms with Crippen LogP contribution in [-0.2, 0) is 12.0 Å². The molecule has 0 amide bonds. The summed E-state index contributed by atoms with van der Waals surface area (Å²) >= 11 is 0. The minimum absolute atomic E-state index is 0. The standard InChI is InChI=1S/C26H38N4.ClH/c1-6-20(2)22-11-15-24(16-12-22)30(25(27)28-29-17-7-8-18-29)19-21-9-13-23(14-10-21)26(3,4)5;/h9-16,20H,6-8,17-19H2,1-5H3,(H2,27,28);1H. The third kappa shape index (κ3) is 6.72. The van der Waals surface area contributed by atoms with Crippen molar-refractivity contribution < 1.29 is 0 Å². The Balaban J connectivity index is 0.00000341. The number of anilines is 1. The summed E-state index contributed by atoms with van der Waals surface area (Å²) in [5.41, 5.74) is 8.43. The van der Waals surface area contributed by atoms with Gasteiger partial charge < -0.3 is 4.90 Å². The highest BCUT2D eigenvalue weighted by molar-refractivity contribution is 5.93. The number of guanidine groups is 1. The average Bonchev–Trinajstić information content (AvgIpc) is 3.24. The predicted molar refractivity (Wildman–Crippen MR) is 135 cm³/mol. The number of nitrogens with one attached hydrogen (secondary N) is 2. The van der Waals surface area contributed by atoms with Crippen LogP contribution in [0.15, 0.2) is 48.5 Å². The minimum Gasteiger partial charge on any atom is -0.307 e. The van der Waals surface area contributed by atoms with Crippen LogP contribution in [0.5, 0.6) is 0 Å². The van der Waals surface area contributed by atoms with Gasteiger partial charge in [-0.05, 0) is 59.4 Å². The third-order valence-electron chi connectivity index (χ3n) is 6.19. The quantitative estimate of drug-likeness (QED) is 0.398. The Morgan fingerprint density at radius 1 is 1.03 bits per heavy atom. The van der Waals surface area contributed by atoms with Crippen molar-refractivity contribution in [3.05, 3.63) is 65.2 Å². The molecule has 0 bridgehead atoms. The summed E-state index contributed by atoms with van der Waals surface area (Å²) in [5, 5.41) is 10.9. The molecule has 1 fully saturated rings. The fourth-order valence-electron chi connectivity index (χ4n) is 3.85. The van der Waals surface area contributed by atoms with E-state index in [0.29, 0.717) is 18.4 Å². The third-order valence-corrected chi connectivity index (χ3v) is 6.19. The Hall–Kier alpha value is -2.04. The maximum atomic E-state index is 8.79. The van der Waals surface area contributed by atoms with Crippen molar-refractivity contribution in [1.82, 2.24) is 10.4 Å². The lowest BCUT2D eigenvalue weighted by atomic mass is 9.87. The number of nitrogens with zero attached hydrogens (tertiary/aromatic N) is 2. The molecule has 0 saturated carbocycles. The molecule has 31 heavy (non-hydrogen) atoms. The van der Waals surface area contributed by atoms with Gasteiger partial charge in [0.2, 0.25) is 5.96 Å². The van der Waals surface area contributed by atoms with E-state index in [1.54, 1.807) is 0 Å². The Labute approximate surface area is 194 Å². The molecule has 0 aliphatic carbocycles. The van der Waals surface area contributed by atoms with Gasteiger partial charge in [0.15, 0.2) is 0 Å². The van der Waals surface area contributed by atoms with Crippen LogP contribution in [0.4, 0.5) is 5.69 Å². The summed E-state index contributed by atoms with van der Waals surface area (Å²) in [6.07, 6.45) is 3.52. The normalized spacial score (nSPS) is 15.3. The zero-order chi connectivity index (χ0) is 21.7. The van der Waals surface area contributed by atoms with Crippen LogP contribution in [0, 0.1) is 5.41 Å². The molecule has 2 aromatic carbocycles. The van der Waals surface area contributed by atoms with Crippen LogP contribution in [-0.4, -0.2) is 24.1 Å². The number of hydrogen-bond donors (Lipinski definition) is 2. The average molecular weight is 443 g/mol. The molecule has 0 radical (unpaired) electrons. The number of hydrogen-bond acceptors (Lipinski definition) is 2. The van der Waals surface area contributed by atoms with Crippen LogP contribution in [0.25, 0.3) is 0 Å². The largest absolute Gasteiger partial charge is 0.307 e. The topological polar surface area (TPSA) is 42.4 Å². The second kappa shape index (κ2) is 11.0. The number of rotatable bonds is 6. The molecule has 4 nitrogen and oxygen atoms in total. The molecule has 1 heterocycles. The van der Waals surface area contributed by atoms with E-state index in [2.05, 4.69) is 98.5 Å². The summed E-state index contributed by atoms with van der Waals surface area (Å²) in [6.45, 7) is 13.9. The van der Waals surface area contributed by atoms with E-state index < -0.39 is 0 Å². The van der Waals surface area contributed by atoms with E-state index in [1.165, 1.54) is 29.5 Å². The number of benzene rings is 2. The van der Waals surface area contributed by atoms with Crippen molar-refractivity contribution in [2.75, 3.05) is 18.0 Å². The fourth-order valence-corrected chi connectivity index (χ4v) is 3.85. The SMILES string of the molecule is CCC(C)c1ccc(N(Cc2ccc(C(C)(C)C)cc2)C(=N)NN2CCCC2)cc1.Cl. The van der Waals surface area contributed by atoms with Crippen molar-refractivity contribution >= 4 is 24.1 Å². The second-order valence-corrected chi connectivity index (χ2v) is 9.59. The molecule has 1 saturated heterocycles. The first-order valence-electron chi connectivity index (χ1n) is 11.3. The Kier molecular flexibility index (Phi) is 8.96. The van der Waals surface area contributed by atoms with Crippen LogP contribution < -0.4 is 10.3 Å². The smallest absolute Gasteiger partial charge is 0.210 e. The highest BCUT2D eigenvalue weighted by Gasteiger charge is 2.19. The summed E-state index contributed by atoms with van der Waals surface area (Å²) in [5.74, 6) is 0.993. The number of halogens is 1. The molecule has 1 atom stereocenters. The minimum atomic E-state index is 0. The van der Waals surface area contributed by atoms with Crippen LogP contribution in [0.2, 0.25) is 0 Å². The van der Waals surface area contributed by atoms with Gasteiger partial charge in [0.05, 0.1) is 6.54 Å². The molecule has 3 rings (SSSR count). The van der Waals surface area contributed by atoms with Crippen molar-refractivity contribution in [2.45, 2.75) is 71.8 Å². The first-order valence-corrected chi connectivity index (χ1v) is 11.3. The summed E-state index contributed by atoms with van der Waals surface area (Å²) < 4.78 is 0. The van der Waals surface area contributed by atoms with E-state index in [1.807, 2.05) is 0 Å². The molecule has 170 valence electrons. The van der Waals surface area contributed by atoms with Crippen LogP contribution in [0.3, 0.4) is 0 Å². The first-order chi connectivity index (χ1) is 14.3. The van der Waals surface area contributed by atoms with Crippen molar-refractivity contribution in [3.63, 3.8) is 0 Å². The molecular formula is C26H39ClN4. The Bertz CT molecular complexity index is 818. The van der Waals surface area contributed by atoms with E-state index in [0.717, 1.165) is 25.2 Å². The molecule has 2 aromatic rings. The van der Waals surface area contributed by atoms with E-state index in [4.69, 9.17) is 5.41 Å². The Morgan fingerprint density at radius 3 is 2.13 bits per heavy atom. The molecule has 0 spiro atoms. The van der Waals surface area contributed by atoms with E-state index in [-0.39, 0.29) is 17.8 Å². The second-order valence-electron chi connectivity index (χ2n) is 9.59. The molecule has 1 unspecified atom stereocenters. The summed E-state index contributed by atoms with van der Waals surface area (Å²) in [7, 11) is 0. The molecule has 2 N–H and O–H groups in total. The maximum absolute atomic E-state index is 8.79. The summed E-state index contributed by atoms with van der Waals surface area (Å²) in [6, 6.07) is 17.6.